The summed E-state index contributed by atoms with van der Waals surface area (Å²) < 4.78 is 54.8. The zero-order valence-corrected chi connectivity index (χ0v) is 8.34. The first-order valence-corrected chi connectivity index (χ1v) is 4.68. The quantitative estimate of drug-likeness (QED) is 0.777. The van der Waals surface area contributed by atoms with Gasteiger partial charge in [0.25, 0.3) is 0 Å². The topological polar surface area (TPSA) is 38.3 Å². The molecule has 0 bridgehead atoms. The lowest BCUT2D eigenvalue weighted by atomic mass is 10.0. The largest absolute Gasteiger partial charge is 0.447 e. The highest BCUT2D eigenvalue weighted by Gasteiger charge is 2.33. The molecule has 1 fully saturated rings. The smallest absolute Gasteiger partial charge is 0.416 e. The van der Waals surface area contributed by atoms with Crippen LogP contribution in [0.25, 0.3) is 0 Å². The van der Waals surface area contributed by atoms with Gasteiger partial charge in [0.1, 0.15) is 12.4 Å². The predicted molar refractivity (Wildman–Crippen MR) is 48.6 cm³/mol. The summed E-state index contributed by atoms with van der Waals surface area (Å²) >= 11 is 0. The van der Waals surface area contributed by atoms with Crippen molar-refractivity contribution in [2.45, 2.75) is 12.2 Å². The number of carbonyl (C=O) groups is 1. The molecule has 1 aromatic carbocycles. The van der Waals surface area contributed by atoms with E-state index in [0.717, 1.165) is 12.1 Å². The van der Waals surface area contributed by atoms with Crippen LogP contribution in [0.15, 0.2) is 18.2 Å². The fraction of sp³-hybridized carbons (Fsp3) is 0.300. The number of rotatable bonds is 1. The third-order valence-corrected chi connectivity index (χ3v) is 2.38. The van der Waals surface area contributed by atoms with Crippen LogP contribution < -0.4 is 5.32 Å². The lowest BCUT2D eigenvalue weighted by Gasteiger charge is -2.12. The monoisotopic (exact) mass is 249 g/mol. The fourth-order valence-electron chi connectivity index (χ4n) is 1.54. The summed E-state index contributed by atoms with van der Waals surface area (Å²) in [6.45, 7) is -0.0961. The fourth-order valence-corrected chi connectivity index (χ4v) is 1.54. The number of benzene rings is 1. The van der Waals surface area contributed by atoms with Gasteiger partial charge in [-0.2, -0.15) is 13.2 Å². The van der Waals surface area contributed by atoms with Gasteiger partial charge in [0.05, 0.1) is 11.6 Å². The summed E-state index contributed by atoms with van der Waals surface area (Å²) in [7, 11) is 0. The van der Waals surface area contributed by atoms with Crippen LogP contribution in [0.4, 0.5) is 22.4 Å². The molecule has 1 saturated heterocycles. The molecule has 1 aliphatic rings. The van der Waals surface area contributed by atoms with Crippen LogP contribution in [-0.2, 0) is 10.9 Å². The zero-order chi connectivity index (χ0) is 12.6. The van der Waals surface area contributed by atoms with Crippen LogP contribution in [0.1, 0.15) is 17.2 Å². The number of nitrogens with one attached hydrogen (secondary N) is 1. The summed E-state index contributed by atoms with van der Waals surface area (Å²) in [5.41, 5.74) is -1.09. The van der Waals surface area contributed by atoms with Gasteiger partial charge in [-0.25, -0.2) is 9.18 Å². The van der Waals surface area contributed by atoms with E-state index in [0.29, 0.717) is 6.07 Å². The van der Waals surface area contributed by atoms with Gasteiger partial charge in [-0.15, -0.1) is 0 Å². The van der Waals surface area contributed by atoms with E-state index in [-0.39, 0.29) is 12.2 Å². The highest BCUT2D eigenvalue weighted by Crippen LogP contribution is 2.31. The Morgan fingerprint density at radius 3 is 2.53 bits per heavy atom. The van der Waals surface area contributed by atoms with Crippen molar-refractivity contribution >= 4 is 6.09 Å². The van der Waals surface area contributed by atoms with E-state index in [4.69, 9.17) is 0 Å². The molecular formula is C10H7F4NO2. The van der Waals surface area contributed by atoms with Crippen LogP contribution in [0, 0.1) is 5.82 Å². The lowest BCUT2D eigenvalue weighted by Crippen LogP contribution is -2.19. The maximum Gasteiger partial charge on any atom is 0.416 e. The number of alkyl halides is 3. The Labute approximate surface area is 93.4 Å². The minimum atomic E-state index is -4.59. The van der Waals surface area contributed by atoms with Crippen molar-refractivity contribution < 1.29 is 27.1 Å². The average molecular weight is 249 g/mol. The van der Waals surface area contributed by atoms with Gasteiger partial charge in [0, 0.05) is 5.56 Å². The number of cyclic esters (lactones) is 1. The van der Waals surface area contributed by atoms with Gasteiger partial charge in [0.15, 0.2) is 0 Å². The molecule has 7 heteroatoms. The zero-order valence-electron chi connectivity index (χ0n) is 8.34. The Kier molecular flexibility index (Phi) is 2.68. The molecule has 1 amide bonds. The third kappa shape index (κ3) is 2.32. The number of ether oxygens (including phenoxy) is 1. The summed E-state index contributed by atoms with van der Waals surface area (Å²) in [6.07, 6.45) is -5.30. The van der Waals surface area contributed by atoms with Crippen molar-refractivity contribution in [3.63, 3.8) is 0 Å². The Morgan fingerprint density at radius 1 is 1.35 bits per heavy atom. The first-order valence-electron chi connectivity index (χ1n) is 4.68. The average Bonchev–Trinajstić information content (AvgIpc) is 2.63. The maximum absolute atomic E-state index is 13.5. The van der Waals surface area contributed by atoms with E-state index in [2.05, 4.69) is 10.1 Å². The minimum absolute atomic E-state index is 0.0242. The molecule has 0 aromatic heterocycles. The van der Waals surface area contributed by atoms with Crippen LogP contribution in [0.2, 0.25) is 0 Å². The normalized spacial score (nSPS) is 20.0. The van der Waals surface area contributed by atoms with E-state index in [1.807, 2.05) is 0 Å². The second-order valence-corrected chi connectivity index (χ2v) is 3.53. The Morgan fingerprint density at radius 2 is 2.06 bits per heavy atom. The first-order chi connectivity index (χ1) is 7.88. The number of amides is 1. The number of carbonyl (C=O) groups excluding carboxylic acids is 1. The number of hydrogen-bond donors (Lipinski definition) is 1. The molecule has 0 aliphatic carbocycles. The molecule has 17 heavy (non-hydrogen) atoms. The van der Waals surface area contributed by atoms with Crippen molar-refractivity contribution in [2.75, 3.05) is 6.61 Å². The molecule has 1 atom stereocenters. The molecular weight excluding hydrogens is 242 g/mol. The Hall–Kier alpha value is -1.79. The van der Waals surface area contributed by atoms with Gasteiger partial charge < -0.3 is 10.1 Å². The molecule has 1 aromatic rings. The van der Waals surface area contributed by atoms with Gasteiger partial charge >= 0.3 is 12.3 Å². The minimum Gasteiger partial charge on any atom is -0.447 e. The van der Waals surface area contributed by atoms with Gasteiger partial charge in [0.2, 0.25) is 0 Å². The number of halogens is 4. The maximum atomic E-state index is 13.5. The first kappa shape index (κ1) is 11.7. The summed E-state index contributed by atoms with van der Waals surface area (Å²) in [5.74, 6) is -1.02. The van der Waals surface area contributed by atoms with Crippen molar-refractivity contribution in [3.8, 4) is 0 Å². The van der Waals surface area contributed by atoms with Crippen LogP contribution in [0.3, 0.4) is 0 Å². The number of hydrogen-bond acceptors (Lipinski definition) is 2. The van der Waals surface area contributed by atoms with E-state index < -0.39 is 29.7 Å². The van der Waals surface area contributed by atoms with E-state index in [9.17, 15) is 22.4 Å². The van der Waals surface area contributed by atoms with Crippen LogP contribution >= 0.6 is 0 Å². The predicted octanol–water partition coefficient (Wildman–Crippen LogP) is 2.63. The molecule has 0 radical (unpaired) electrons. The highest BCUT2D eigenvalue weighted by atomic mass is 19.4. The Balaban J connectivity index is 2.29. The van der Waals surface area contributed by atoms with Gasteiger partial charge in [-0.3, -0.25) is 0 Å². The van der Waals surface area contributed by atoms with Gasteiger partial charge in [-0.1, -0.05) is 6.07 Å². The van der Waals surface area contributed by atoms with E-state index in [1.54, 1.807) is 0 Å². The van der Waals surface area contributed by atoms with Crippen LogP contribution in [0.5, 0.6) is 0 Å². The van der Waals surface area contributed by atoms with Crippen molar-refractivity contribution in [1.82, 2.24) is 5.32 Å². The molecule has 1 heterocycles. The summed E-state index contributed by atoms with van der Waals surface area (Å²) in [4.78, 5) is 10.7. The summed E-state index contributed by atoms with van der Waals surface area (Å²) in [5, 5.41) is 2.29. The van der Waals surface area contributed by atoms with Crippen molar-refractivity contribution in [1.29, 1.82) is 0 Å². The molecule has 1 aliphatic heterocycles. The molecule has 0 spiro atoms. The molecule has 92 valence electrons. The van der Waals surface area contributed by atoms with Crippen LogP contribution in [-0.4, -0.2) is 12.7 Å². The SMILES string of the molecule is O=C1NC(c2ccc(C(F)(F)F)cc2F)CO1. The highest BCUT2D eigenvalue weighted by molar-refractivity contribution is 5.70. The van der Waals surface area contributed by atoms with Crippen molar-refractivity contribution in [2.24, 2.45) is 0 Å². The molecule has 1 N–H and O–H groups in total. The van der Waals surface area contributed by atoms with E-state index >= 15 is 0 Å². The molecule has 0 saturated carbocycles. The Bertz CT molecular complexity index is 458. The molecule has 3 nitrogen and oxygen atoms in total. The second-order valence-electron chi connectivity index (χ2n) is 3.53. The lowest BCUT2D eigenvalue weighted by molar-refractivity contribution is -0.137. The summed E-state index contributed by atoms with van der Waals surface area (Å²) in [6, 6.07) is 1.42. The van der Waals surface area contributed by atoms with Gasteiger partial charge in [-0.05, 0) is 12.1 Å². The van der Waals surface area contributed by atoms with E-state index in [1.165, 1.54) is 0 Å². The number of alkyl carbamates (subject to hydrolysis) is 1. The molecule has 2 rings (SSSR count). The molecule has 1 unspecified atom stereocenters. The third-order valence-electron chi connectivity index (χ3n) is 2.38. The second kappa shape index (κ2) is 3.90. The van der Waals surface area contributed by atoms with Crippen molar-refractivity contribution in [3.05, 3.63) is 35.1 Å². The standard InChI is InChI=1S/C10H7F4NO2/c11-7-3-5(10(12,13)14)1-2-6(7)8-4-17-9(16)15-8/h1-3,8H,4H2,(H,15,16).